The summed E-state index contributed by atoms with van der Waals surface area (Å²) in [6.07, 6.45) is 1.43. The number of halogens is 4. The zero-order chi connectivity index (χ0) is 37.2. The number of alkyl halides is 3. The van der Waals surface area contributed by atoms with Gasteiger partial charge in [0.25, 0.3) is 5.91 Å². The first-order valence-corrected chi connectivity index (χ1v) is 18.0. The molecule has 2 aliphatic heterocycles. The second-order valence-corrected chi connectivity index (χ2v) is 14.7. The van der Waals surface area contributed by atoms with E-state index in [2.05, 4.69) is 20.5 Å². The maximum Gasteiger partial charge on any atom is 0.433 e. The van der Waals surface area contributed by atoms with Crippen molar-refractivity contribution in [2.75, 3.05) is 25.0 Å². The van der Waals surface area contributed by atoms with Crippen LogP contribution in [-0.2, 0) is 22.8 Å². The molecule has 3 aromatic heterocycles. The van der Waals surface area contributed by atoms with Crippen LogP contribution in [0.1, 0.15) is 78.3 Å². The number of imide groups is 1. The predicted octanol–water partition coefficient (Wildman–Crippen LogP) is 5.82. The molecular formula is C37H36ClF3N8O4. The fourth-order valence-corrected chi connectivity index (χ4v) is 8.46. The first-order chi connectivity index (χ1) is 25.3. The lowest BCUT2D eigenvalue weighted by Crippen LogP contribution is -2.44. The van der Waals surface area contributed by atoms with Crippen molar-refractivity contribution in [2.24, 2.45) is 13.0 Å². The number of aryl methyl sites for hydroxylation is 1. The number of nitrogens with zero attached hydrogens (tertiary/aromatic N) is 6. The Kier molecular flexibility index (Phi) is 8.88. The average molecular weight is 749 g/mol. The highest BCUT2D eigenvalue weighted by atomic mass is 35.5. The van der Waals surface area contributed by atoms with Crippen molar-refractivity contribution >= 4 is 56.9 Å². The maximum atomic E-state index is 13.4. The Balaban J connectivity index is 0.878. The Morgan fingerprint density at radius 3 is 2.55 bits per heavy atom. The number of hydrogen-bond acceptors (Lipinski definition) is 7. The lowest BCUT2D eigenvalue weighted by molar-refractivity contribution is -0.141. The molecule has 3 fully saturated rings. The Morgan fingerprint density at radius 1 is 1.04 bits per heavy atom. The molecule has 2 saturated heterocycles. The van der Waals surface area contributed by atoms with E-state index in [1.165, 1.54) is 10.6 Å². The standard InChI is InChI=1S/C37H36ClF3N8O4/c1-46-33-28(49(36(46)53)29-9-10-31(50)44-35(29)52)8-6-25(38)32(33)21-11-13-47(14-12-21)18-20-15-24(16-20)48-19-22-17-23(5-7-26(22)45-48)42-34(51)27-3-2-4-30(43-27)37(39,40)41/h2-8,17,19-21,24,29H,9-16,18H2,1H3,(H,42,51)(H,44,50,52)/t20-,24-,29?. The number of pyridine rings is 1. The van der Waals surface area contributed by atoms with Crippen LogP contribution in [-0.4, -0.2) is 66.2 Å². The molecule has 1 aliphatic carbocycles. The van der Waals surface area contributed by atoms with Crippen LogP contribution in [0.25, 0.3) is 21.9 Å². The van der Waals surface area contributed by atoms with Gasteiger partial charge >= 0.3 is 11.9 Å². The lowest BCUT2D eigenvalue weighted by Gasteiger charge is -2.41. The highest BCUT2D eigenvalue weighted by Gasteiger charge is 2.36. The Labute approximate surface area is 305 Å². The molecule has 0 bridgehead atoms. The summed E-state index contributed by atoms with van der Waals surface area (Å²) in [5, 5.41) is 11.1. The molecule has 1 atom stereocenters. The van der Waals surface area contributed by atoms with Crippen LogP contribution in [0.4, 0.5) is 18.9 Å². The quantitative estimate of drug-likeness (QED) is 0.200. The molecule has 0 spiro atoms. The number of nitrogens with one attached hydrogen (secondary N) is 2. The van der Waals surface area contributed by atoms with Crippen molar-refractivity contribution in [3.8, 4) is 0 Å². The fourth-order valence-electron chi connectivity index (χ4n) is 8.16. The number of amides is 3. The van der Waals surface area contributed by atoms with E-state index >= 15 is 0 Å². The summed E-state index contributed by atoms with van der Waals surface area (Å²) in [4.78, 5) is 56.5. The molecule has 1 unspecified atom stereocenters. The Hall–Kier alpha value is -5.02. The van der Waals surface area contributed by atoms with E-state index in [4.69, 9.17) is 16.7 Å². The van der Waals surface area contributed by atoms with Crippen LogP contribution in [0.5, 0.6) is 0 Å². The molecule has 53 heavy (non-hydrogen) atoms. The van der Waals surface area contributed by atoms with E-state index < -0.39 is 29.7 Å². The third kappa shape index (κ3) is 6.60. The number of piperidine rings is 2. The fraction of sp³-hybridized carbons (Fsp3) is 0.405. The van der Waals surface area contributed by atoms with Crippen LogP contribution in [0, 0.1) is 5.92 Å². The Morgan fingerprint density at radius 2 is 1.81 bits per heavy atom. The molecule has 16 heteroatoms. The van der Waals surface area contributed by atoms with Gasteiger partial charge in [-0.2, -0.15) is 18.3 Å². The topological polar surface area (TPSA) is 136 Å². The normalized spacial score (nSPS) is 21.6. The van der Waals surface area contributed by atoms with Gasteiger partial charge in [0, 0.05) is 42.3 Å². The van der Waals surface area contributed by atoms with Gasteiger partial charge in [-0.15, -0.1) is 0 Å². The molecule has 276 valence electrons. The van der Waals surface area contributed by atoms with E-state index in [1.807, 2.05) is 10.9 Å². The molecule has 5 aromatic rings. The molecule has 0 radical (unpaired) electrons. The smallest absolute Gasteiger partial charge is 0.321 e. The minimum absolute atomic E-state index is 0.146. The zero-order valence-electron chi connectivity index (χ0n) is 28.7. The van der Waals surface area contributed by atoms with Crippen molar-refractivity contribution in [2.45, 2.75) is 62.7 Å². The SMILES string of the molecule is Cn1c(=O)n(C2CCC(=O)NC2=O)c2ccc(Cl)c(C3CCN(C[C@H]4C[C@H](n5cc6cc(NC(=O)c7cccc(C(F)(F)F)n7)ccc6n5)C4)CC3)c21. The largest absolute Gasteiger partial charge is 0.433 e. The number of fused-ring (bicyclic) bond motifs is 2. The number of imidazole rings is 1. The zero-order valence-corrected chi connectivity index (χ0v) is 29.5. The summed E-state index contributed by atoms with van der Waals surface area (Å²) in [5.41, 5.74) is 1.74. The second kappa shape index (κ2) is 13.4. The van der Waals surface area contributed by atoms with Gasteiger partial charge in [0.2, 0.25) is 11.8 Å². The molecule has 1 saturated carbocycles. The summed E-state index contributed by atoms with van der Waals surface area (Å²) < 4.78 is 44.2. The molecule has 12 nitrogen and oxygen atoms in total. The number of benzene rings is 2. The van der Waals surface area contributed by atoms with Gasteiger partial charge in [0.05, 0.1) is 22.6 Å². The highest BCUT2D eigenvalue weighted by molar-refractivity contribution is 6.32. The second-order valence-electron chi connectivity index (χ2n) is 14.3. The van der Waals surface area contributed by atoms with E-state index in [0.29, 0.717) is 22.1 Å². The summed E-state index contributed by atoms with van der Waals surface area (Å²) in [6.45, 7) is 2.74. The first-order valence-electron chi connectivity index (χ1n) is 17.6. The summed E-state index contributed by atoms with van der Waals surface area (Å²) >= 11 is 6.81. The highest BCUT2D eigenvalue weighted by Crippen LogP contribution is 2.42. The monoisotopic (exact) mass is 748 g/mol. The molecule has 3 amide bonds. The van der Waals surface area contributed by atoms with Crippen molar-refractivity contribution in [1.29, 1.82) is 0 Å². The van der Waals surface area contributed by atoms with Crippen LogP contribution < -0.4 is 16.3 Å². The van der Waals surface area contributed by atoms with Gasteiger partial charge in [-0.25, -0.2) is 9.78 Å². The summed E-state index contributed by atoms with van der Waals surface area (Å²) in [5.74, 6) is -0.876. The molecular weight excluding hydrogens is 713 g/mol. The van der Waals surface area contributed by atoms with Crippen LogP contribution in [0.2, 0.25) is 5.02 Å². The number of likely N-dealkylation sites (tertiary alicyclic amines) is 1. The number of carbonyl (C=O) groups is 3. The number of anilines is 1. The van der Waals surface area contributed by atoms with Gasteiger partial charge in [-0.1, -0.05) is 17.7 Å². The third-order valence-corrected chi connectivity index (χ3v) is 11.2. The number of hydrogen-bond donors (Lipinski definition) is 2. The van der Waals surface area contributed by atoms with Gasteiger partial charge in [-0.3, -0.25) is 33.5 Å². The van der Waals surface area contributed by atoms with E-state index in [9.17, 15) is 32.3 Å². The molecule has 8 rings (SSSR count). The number of aromatic nitrogens is 5. The number of rotatable bonds is 7. The van der Waals surface area contributed by atoms with E-state index in [0.717, 1.165) is 79.4 Å². The molecule has 5 heterocycles. The Bertz CT molecular complexity index is 2340. The van der Waals surface area contributed by atoms with Crippen LogP contribution in [0.15, 0.2) is 59.5 Å². The van der Waals surface area contributed by atoms with Crippen molar-refractivity contribution in [1.82, 2.24) is 34.1 Å². The van der Waals surface area contributed by atoms with Crippen molar-refractivity contribution in [3.63, 3.8) is 0 Å². The third-order valence-electron chi connectivity index (χ3n) is 10.9. The predicted molar refractivity (Wildman–Crippen MR) is 191 cm³/mol. The molecule has 2 aromatic carbocycles. The van der Waals surface area contributed by atoms with Crippen LogP contribution in [0.3, 0.4) is 0 Å². The minimum atomic E-state index is -4.65. The van der Waals surface area contributed by atoms with Gasteiger partial charge in [0.1, 0.15) is 17.4 Å². The van der Waals surface area contributed by atoms with E-state index in [1.54, 1.807) is 41.9 Å². The molecule has 3 aliphatic rings. The van der Waals surface area contributed by atoms with Gasteiger partial charge in [-0.05, 0) is 105 Å². The lowest BCUT2D eigenvalue weighted by atomic mass is 9.79. The van der Waals surface area contributed by atoms with E-state index in [-0.39, 0.29) is 42.1 Å². The average Bonchev–Trinajstić information content (AvgIpc) is 3.63. The van der Waals surface area contributed by atoms with Crippen LogP contribution >= 0.6 is 11.6 Å². The first kappa shape index (κ1) is 35.0. The van der Waals surface area contributed by atoms with Crippen molar-refractivity contribution < 1.29 is 27.6 Å². The summed E-state index contributed by atoms with van der Waals surface area (Å²) in [6, 6.07) is 11.5. The van der Waals surface area contributed by atoms with Gasteiger partial charge in [0.15, 0.2) is 0 Å². The minimum Gasteiger partial charge on any atom is -0.321 e. The summed E-state index contributed by atoms with van der Waals surface area (Å²) in [7, 11) is 1.71. The van der Waals surface area contributed by atoms with Gasteiger partial charge < -0.3 is 10.2 Å². The number of carbonyl (C=O) groups excluding carboxylic acids is 3. The molecule has 2 N–H and O–H groups in total. The van der Waals surface area contributed by atoms with Crippen molar-refractivity contribution in [3.05, 3.63) is 87.2 Å². The maximum absolute atomic E-state index is 13.4.